The summed E-state index contributed by atoms with van der Waals surface area (Å²) in [6.45, 7) is 2.11. The molecule has 0 aliphatic rings. The molecular formula is C14H16NO+. The highest BCUT2D eigenvalue weighted by Crippen LogP contribution is 2.24. The Kier molecular flexibility index (Phi) is 2.91. The number of ether oxygens (including phenoxy) is 1. The average Bonchev–Trinajstić information content (AvgIpc) is 2.31. The van der Waals surface area contributed by atoms with Crippen molar-refractivity contribution in [3.05, 3.63) is 48.2 Å². The number of methoxy groups -OCH3 is 1. The van der Waals surface area contributed by atoms with Gasteiger partial charge in [0.25, 0.3) is 0 Å². The van der Waals surface area contributed by atoms with Gasteiger partial charge in [-0.1, -0.05) is 6.07 Å². The summed E-state index contributed by atoms with van der Waals surface area (Å²) >= 11 is 0. The van der Waals surface area contributed by atoms with Crippen molar-refractivity contribution in [1.29, 1.82) is 0 Å². The second-order valence-corrected chi connectivity index (χ2v) is 3.88. The molecule has 1 aromatic heterocycles. The first-order chi connectivity index (χ1) is 7.72. The van der Waals surface area contributed by atoms with Crippen molar-refractivity contribution in [2.24, 2.45) is 7.05 Å². The van der Waals surface area contributed by atoms with Crippen molar-refractivity contribution in [3.63, 3.8) is 0 Å². The number of hydrogen-bond acceptors (Lipinski definition) is 1. The standard InChI is InChI=1S/C14H16NO/c1-11-7-8-12(16-3)10-13(11)14-6-4-5-9-15(14)2/h4-10H,1-3H3/q+1. The molecule has 0 unspecified atom stereocenters. The lowest BCUT2D eigenvalue weighted by Crippen LogP contribution is -2.30. The van der Waals surface area contributed by atoms with E-state index < -0.39 is 0 Å². The Morgan fingerprint density at radius 2 is 1.94 bits per heavy atom. The molecule has 82 valence electrons. The molecule has 0 radical (unpaired) electrons. The highest BCUT2D eigenvalue weighted by molar-refractivity contribution is 5.63. The smallest absolute Gasteiger partial charge is 0.212 e. The van der Waals surface area contributed by atoms with E-state index in [2.05, 4.69) is 29.7 Å². The molecule has 0 aliphatic carbocycles. The van der Waals surface area contributed by atoms with E-state index in [9.17, 15) is 0 Å². The highest BCUT2D eigenvalue weighted by Gasteiger charge is 2.11. The Labute approximate surface area is 96.1 Å². The van der Waals surface area contributed by atoms with Crippen LogP contribution >= 0.6 is 0 Å². The normalized spacial score (nSPS) is 10.2. The minimum Gasteiger partial charge on any atom is -0.497 e. The zero-order valence-electron chi connectivity index (χ0n) is 9.90. The molecule has 1 aromatic carbocycles. The lowest BCUT2D eigenvalue weighted by molar-refractivity contribution is -0.660. The predicted molar refractivity (Wildman–Crippen MR) is 64.3 cm³/mol. The SMILES string of the molecule is COc1ccc(C)c(-c2cccc[n+]2C)c1. The topological polar surface area (TPSA) is 13.1 Å². The van der Waals surface area contributed by atoms with Crippen LogP contribution in [0.2, 0.25) is 0 Å². The van der Waals surface area contributed by atoms with Crippen LogP contribution in [0.1, 0.15) is 5.56 Å². The lowest BCUT2D eigenvalue weighted by Gasteiger charge is -2.06. The summed E-state index contributed by atoms with van der Waals surface area (Å²) in [5, 5.41) is 0. The van der Waals surface area contributed by atoms with Gasteiger partial charge in [0, 0.05) is 12.1 Å². The van der Waals surface area contributed by atoms with E-state index in [1.165, 1.54) is 16.8 Å². The number of hydrogen-bond donors (Lipinski definition) is 0. The molecule has 0 saturated heterocycles. The van der Waals surface area contributed by atoms with Crippen molar-refractivity contribution >= 4 is 0 Å². The fraction of sp³-hybridized carbons (Fsp3) is 0.214. The first-order valence-electron chi connectivity index (χ1n) is 5.32. The molecule has 0 atom stereocenters. The summed E-state index contributed by atoms with van der Waals surface area (Å²) in [6, 6.07) is 12.3. The van der Waals surface area contributed by atoms with Gasteiger partial charge in [-0.15, -0.1) is 0 Å². The third-order valence-electron chi connectivity index (χ3n) is 2.78. The van der Waals surface area contributed by atoms with Crippen LogP contribution in [-0.4, -0.2) is 7.11 Å². The van der Waals surface area contributed by atoms with Crippen molar-refractivity contribution < 1.29 is 9.30 Å². The summed E-state index contributed by atoms with van der Waals surface area (Å²) in [5.41, 5.74) is 3.66. The molecule has 2 aromatic rings. The minimum atomic E-state index is 0.893. The second-order valence-electron chi connectivity index (χ2n) is 3.88. The zero-order chi connectivity index (χ0) is 11.5. The molecule has 0 spiro atoms. The van der Waals surface area contributed by atoms with E-state index in [-0.39, 0.29) is 0 Å². The van der Waals surface area contributed by atoms with Crippen molar-refractivity contribution in [2.45, 2.75) is 6.92 Å². The Morgan fingerprint density at radius 3 is 2.62 bits per heavy atom. The average molecular weight is 214 g/mol. The van der Waals surface area contributed by atoms with E-state index in [1.54, 1.807) is 7.11 Å². The van der Waals surface area contributed by atoms with Crippen LogP contribution in [0.15, 0.2) is 42.6 Å². The van der Waals surface area contributed by atoms with Gasteiger partial charge in [-0.25, -0.2) is 4.57 Å². The van der Waals surface area contributed by atoms with Crippen LogP contribution in [0.4, 0.5) is 0 Å². The van der Waals surface area contributed by atoms with Crippen LogP contribution in [0.5, 0.6) is 5.75 Å². The molecule has 2 heteroatoms. The maximum atomic E-state index is 5.26. The molecule has 1 heterocycles. The molecular weight excluding hydrogens is 198 g/mol. The van der Waals surface area contributed by atoms with Crippen LogP contribution in [0.25, 0.3) is 11.3 Å². The van der Waals surface area contributed by atoms with E-state index >= 15 is 0 Å². The van der Waals surface area contributed by atoms with Crippen LogP contribution in [0, 0.1) is 6.92 Å². The number of aromatic nitrogens is 1. The van der Waals surface area contributed by atoms with Gasteiger partial charge in [0.15, 0.2) is 6.20 Å². The van der Waals surface area contributed by atoms with E-state index in [0.29, 0.717) is 0 Å². The first kappa shape index (κ1) is 10.7. The Morgan fingerprint density at radius 1 is 1.12 bits per heavy atom. The summed E-state index contributed by atoms with van der Waals surface area (Å²) in [5.74, 6) is 0.893. The van der Waals surface area contributed by atoms with Gasteiger partial charge >= 0.3 is 0 Å². The molecule has 2 rings (SSSR count). The van der Waals surface area contributed by atoms with Gasteiger partial charge in [-0.2, -0.15) is 0 Å². The molecule has 2 nitrogen and oxygen atoms in total. The van der Waals surface area contributed by atoms with E-state index in [4.69, 9.17) is 4.74 Å². The summed E-state index contributed by atoms with van der Waals surface area (Å²) in [7, 11) is 3.74. The third kappa shape index (κ3) is 1.91. The van der Waals surface area contributed by atoms with Crippen LogP contribution < -0.4 is 9.30 Å². The minimum absolute atomic E-state index is 0.893. The van der Waals surface area contributed by atoms with Gasteiger partial charge in [-0.3, -0.25) is 0 Å². The van der Waals surface area contributed by atoms with Gasteiger partial charge in [0.05, 0.1) is 12.7 Å². The number of rotatable bonds is 2. The predicted octanol–water partition coefficient (Wildman–Crippen LogP) is 2.50. The van der Waals surface area contributed by atoms with E-state index in [0.717, 1.165) is 5.75 Å². The number of pyridine rings is 1. The number of benzene rings is 1. The van der Waals surface area contributed by atoms with Crippen molar-refractivity contribution in [2.75, 3.05) is 7.11 Å². The highest BCUT2D eigenvalue weighted by atomic mass is 16.5. The molecule has 0 N–H and O–H groups in total. The zero-order valence-corrected chi connectivity index (χ0v) is 9.90. The van der Waals surface area contributed by atoms with E-state index in [1.807, 2.05) is 31.4 Å². The largest absolute Gasteiger partial charge is 0.497 e. The van der Waals surface area contributed by atoms with Gasteiger partial charge in [0.2, 0.25) is 5.69 Å². The van der Waals surface area contributed by atoms with Crippen LogP contribution in [-0.2, 0) is 7.05 Å². The Hall–Kier alpha value is -1.83. The summed E-state index contributed by atoms with van der Waals surface area (Å²) in [6.07, 6.45) is 2.05. The second kappa shape index (κ2) is 4.35. The molecule has 0 saturated carbocycles. The summed E-state index contributed by atoms with van der Waals surface area (Å²) < 4.78 is 7.37. The maximum Gasteiger partial charge on any atom is 0.212 e. The lowest BCUT2D eigenvalue weighted by atomic mass is 10.0. The van der Waals surface area contributed by atoms with Crippen molar-refractivity contribution in [3.8, 4) is 17.0 Å². The maximum absolute atomic E-state index is 5.26. The van der Waals surface area contributed by atoms with Gasteiger partial charge in [-0.05, 0) is 30.7 Å². The molecule has 16 heavy (non-hydrogen) atoms. The first-order valence-corrected chi connectivity index (χ1v) is 5.32. The van der Waals surface area contributed by atoms with Gasteiger partial charge < -0.3 is 4.74 Å². The third-order valence-corrected chi connectivity index (χ3v) is 2.78. The summed E-state index contributed by atoms with van der Waals surface area (Å²) in [4.78, 5) is 0. The van der Waals surface area contributed by atoms with Gasteiger partial charge in [0.1, 0.15) is 12.8 Å². The van der Waals surface area contributed by atoms with Crippen molar-refractivity contribution in [1.82, 2.24) is 0 Å². The monoisotopic (exact) mass is 214 g/mol. The Bertz CT molecular complexity index is 506. The number of aryl methyl sites for hydroxylation is 2. The quantitative estimate of drug-likeness (QED) is 0.700. The molecule has 0 aliphatic heterocycles. The fourth-order valence-corrected chi connectivity index (χ4v) is 1.81. The Balaban J connectivity index is 2.59. The van der Waals surface area contributed by atoms with Crippen LogP contribution in [0.3, 0.4) is 0 Å². The molecule has 0 amide bonds. The fourth-order valence-electron chi connectivity index (χ4n) is 1.81. The number of nitrogens with zero attached hydrogens (tertiary/aromatic N) is 1. The molecule has 0 fully saturated rings. The molecule has 0 bridgehead atoms.